The van der Waals surface area contributed by atoms with Gasteiger partial charge in [0.05, 0.1) is 6.42 Å². The molecule has 0 rings (SSSR count). The third kappa shape index (κ3) is 5.96. The van der Waals surface area contributed by atoms with E-state index < -0.39 is 49.0 Å². The molecule has 0 fully saturated rings. The number of amides is 1. The van der Waals surface area contributed by atoms with Crippen LogP contribution in [0.3, 0.4) is 0 Å². The minimum absolute atomic E-state index is 0.240. The van der Waals surface area contributed by atoms with Crippen LogP contribution >= 0.6 is 0 Å². The lowest BCUT2D eigenvalue weighted by Crippen LogP contribution is -2.49. The van der Waals surface area contributed by atoms with Gasteiger partial charge in [0.25, 0.3) is 5.91 Å². The Morgan fingerprint density at radius 1 is 1.22 bits per heavy atom. The number of rotatable bonds is 7. The normalized spacial score (nSPS) is 9.78. The second kappa shape index (κ2) is 7.40. The molecule has 0 aromatic heterocycles. The summed E-state index contributed by atoms with van der Waals surface area (Å²) in [6, 6.07) is 0. The number of nitrogens with one attached hydrogen (secondary N) is 1. The molecule has 0 saturated carbocycles. The number of nitrogens with zero attached hydrogens (tertiary/aromatic N) is 1. The fourth-order valence-corrected chi connectivity index (χ4v) is 0.767. The van der Waals surface area contributed by atoms with E-state index in [9.17, 15) is 27.6 Å². The van der Waals surface area contributed by atoms with Gasteiger partial charge < -0.3 is 5.11 Å². The minimum Gasteiger partial charge on any atom is -0.475 e. The molecule has 0 unspecified atom stereocenters. The van der Waals surface area contributed by atoms with Crippen molar-refractivity contribution in [3.05, 3.63) is 11.9 Å². The largest absolute Gasteiger partial charge is 0.475 e. The van der Waals surface area contributed by atoms with E-state index in [-0.39, 0.29) is 5.12 Å². The van der Waals surface area contributed by atoms with Crippen LogP contribution in [0.4, 0.5) is 13.2 Å². The zero-order valence-corrected chi connectivity index (χ0v) is 8.95. The van der Waals surface area contributed by atoms with E-state index in [1.54, 1.807) is 0 Å². The molecule has 0 bridgehead atoms. The number of Topliss-reactive ketones (excluding diaryl/α,β-unsaturated/α-hetero) is 1. The number of halogens is 3. The quantitative estimate of drug-likeness (QED) is 0.192. The van der Waals surface area contributed by atoms with Crippen LogP contribution in [0.15, 0.2) is 11.9 Å². The number of hydrazine groups is 2. The molecule has 0 spiro atoms. The van der Waals surface area contributed by atoms with Gasteiger partial charge in [-0.15, -0.1) is 0 Å². The molecule has 18 heavy (non-hydrogen) atoms. The van der Waals surface area contributed by atoms with Crippen molar-refractivity contribution in [2.24, 2.45) is 5.84 Å². The average Bonchev–Trinajstić information content (AvgIpc) is 2.27. The zero-order valence-electron chi connectivity index (χ0n) is 8.95. The van der Waals surface area contributed by atoms with E-state index in [1.807, 2.05) is 5.43 Å². The summed E-state index contributed by atoms with van der Waals surface area (Å²) in [5.74, 6) is -0.900. The molecule has 0 aromatic rings. The van der Waals surface area contributed by atoms with Gasteiger partial charge in [-0.25, -0.2) is 25.6 Å². The maximum Gasteiger partial charge on any atom is 0.372 e. The van der Waals surface area contributed by atoms with E-state index in [0.717, 1.165) is 0 Å². The van der Waals surface area contributed by atoms with Crippen LogP contribution in [-0.4, -0.2) is 34.4 Å². The average molecular weight is 269 g/mol. The van der Waals surface area contributed by atoms with Crippen molar-refractivity contribution in [1.29, 1.82) is 0 Å². The number of ketones is 1. The molecule has 0 radical (unpaired) electrons. The lowest BCUT2D eigenvalue weighted by molar-refractivity contribution is -0.152. The molecule has 4 N–H and O–H groups in total. The van der Waals surface area contributed by atoms with Crippen molar-refractivity contribution >= 4 is 17.7 Å². The lowest BCUT2D eigenvalue weighted by Gasteiger charge is -2.16. The summed E-state index contributed by atoms with van der Waals surface area (Å²) in [4.78, 5) is 31.8. The number of nitrogens with two attached hydrogens (primary N) is 1. The Balaban J connectivity index is 4.07. The molecule has 1 amide bonds. The molecular weight excluding hydrogens is 259 g/mol. The summed E-state index contributed by atoms with van der Waals surface area (Å²) >= 11 is 0. The second-order valence-electron chi connectivity index (χ2n) is 2.99. The van der Waals surface area contributed by atoms with Crippen LogP contribution in [-0.2, 0) is 14.4 Å². The highest BCUT2D eigenvalue weighted by Crippen LogP contribution is 2.11. The minimum atomic E-state index is -2.48. The highest BCUT2D eigenvalue weighted by molar-refractivity contribution is 6.36. The Hall–Kier alpha value is -1.94. The van der Waals surface area contributed by atoms with E-state index in [4.69, 9.17) is 10.9 Å². The first-order valence-corrected chi connectivity index (χ1v) is 4.52. The summed E-state index contributed by atoms with van der Waals surface area (Å²) in [6.07, 6.45) is -4.18. The van der Waals surface area contributed by atoms with Crippen molar-refractivity contribution in [3.63, 3.8) is 0 Å². The maximum atomic E-state index is 12.3. The summed E-state index contributed by atoms with van der Waals surface area (Å²) in [5, 5.41) is 8.44. The van der Waals surface area contributed by atoms with Gasteiger partial charge in [0.2, 0.25) is 5.78 Å². The number of hydrogen-bond acceptors (Lipinski definition) is 5. The Labute approximate surface area is 99.0 Å². The monoisotopic (exact) mass is 269 g/mol. The van der Waals surface area contributed by atoms with Crippen LogP contribution < -0.4 is 11.3 Å². The van der Waals surface area contributed by atoms with E-state index in [0.29, 0.717) is 0 Å². The molecule has 0 saturated heterocycles. The van der Waals surface area contributed by atoms with Gasteiger partial charge in [0.15, 0.2) is 5.83 Å². The van der Waals surface area contributed by atoms with E-state index in [1.165, 1.54) is 0 Å². The van der Waals surface area contributed by atoms with Crippen molar-refractivity contribution in [2.75, 3.05) is 6.54 Å². The smallest absolute Gasteiger partial charge is 0.372 e. The molecule has 0 aliphatic heterocycles. The third-order valence-corrected chi connectivity index (χ3v) is 1.65. The first kappa shape index (κ1) is 16.1. The molecule has 0 heterocycles. The SMILES string of the molecule is NN(NCCC(F)=C(F)F)C(=O)CC(=O)C(=O)O. The number of carboxylic acids is 1. The molecule has 0 aliphatic rings. The van der Waals surface area contributed by atoms with Crippen LogP contribution in [0.1, 0.15) is 12.8 Å². The Bertz CT molecular complexity index is 382. The molecule has 10 heteroatoms. The fourth-order valence-electron chi connectivity index (χ4n) is 0.767. The van der Waals surface area contributed by atoms with Gasteiger partial charge in [0.1, 0.15) is 0 Å². The standard InChI is InChI=1S/C8H10F3N3O4/c9-4(7(10)11)1-2-13-14(12)6(16)3-5(15)8(17)18/h13H,1-3,12H2,(H,17,18). The highest BCUT2D eigenvalue weighted by atomic mass is 19.3. The van der Waals surface area contributed by atoms with Gasteiger partial charge in [-0.1, -0.05) is 0 Å². The van der Waals surface area contributed by atoms with Gasteiger partial charge in [-0.3, -0.25) is 9.59 Å². The number of hydrogen-bond donors (Lipinski definition) is 3. The van der Waals surface area contributed by atoms with Crippen molar-refractivity contribution in [3.8, 4) is 0 Å². The summed E-state index contributed by atoms with van der Waals surface area (Å²) in [6.45, 7) is -0.424. The lowest BCUT2D eigenvalue weighted by atomic mass is 10.3. The zero-order chi connectivity index (χ0) is 14.3. The number of carboxylic acid groups (broad SMARTS) is 1. The summed E-state index contributed by atoms with van der Waals surface area (Å²) in [7, 11) is 0. The first-order chi connectivity index (χ1) is 8.25. The van der Waals surface area contributed by atoms with Crippen LogP contribution in [0, 0.1) is 0 Å². The maximum absolute atomic E-state index is 12.3. The Morgan fingerprint density at radius 2 is 1.78 bits per heavy atom. The predicted octanol–water partition coefficient (Wildman–Crippen LogP) is -0.295. The molecule has 0 aliphatic carbocycles. The third-order valence-electron chi connectivity index (χ3n) is 1.65. The molecule has 0 atom stereocenters. The number of carbonyl (C=O) groups is 3. The van der Waals surface area contributed by atoms with Gasteiger partial charge >= 0.3 is 12.0 Å². The highest BCUT2D eigenvalue weighted by Gasteiger charge is 2.19. The Morgan fingerprint density at radius 3 is 2.22 bits per heavy atom. The van der Waals surface area contributed by atoms with Crippen molar-refractivity contribution in [2.45, 2.75) is 12.8 Å². The summed E-state index contributed by atoms with van der Waals surface area (Å²) < 4.78 is 35.6. The Kier molecular flexibility index (Phi) is 6.60. The van der Waals surface area contributed by atoms with Crippen LogP contribution in [0.25, 0.3) is 0 Å². The molecule has 7 nitrogen and oxygen atoms in total. The predicted molar refractivity (Wildman–Crippen MR) is 51.3 cm³/mol. The second-order valence-corrected chi connectivity index (χ2v) is 2.99. The first-order valence-electron chi connectivity index (χ1n) is 4.52. The van der Waals surface area contributed by atoms with Crippen LogP contribution in [0.2, 0.25) is 0 Å². The van der Waals surface area contributed by atoms with Gasteiger partial charge in [0, 0.05) is 13.0 Å². The number of carbonyl (C=O) groups excluding carboxylic acids is 2. The molecular formula is C8H10F3N3O4. The van der Waals surface area contributed by atoms with E-state index in [2.05, 4.69) is 0 Å². The van der Waals surface area contributed by atoms with Crippen molar-refractivity contribution < 1.29 is 32.7 Å². The molecule has 0 aromatic carbocycles. The van der Waals surface area contributed by atoms with Gasteiger partial charge in [-0.2, -0.15) is 8.78 Å². The van der Waals surface area contributed by atoms with Crippen molar-refractivity contribution in [1.82, 2.24) is 10.5 Å². The van der Waals surface area contributed by atoms with Gasteiger partial charge in [-0.05, 0) is 0 Å². The van der Waals surface area contributed by atoms with Crippen LogP contribution in [0.5, 0.6) is 0 Å². The van der Waals surface area contributed by atoms with E-state index >= 15 is 0 Å². The summed E-state index contributed by atoms with van der Waals surface area (Å²) in [5.41, 5.74) is 2.02. The topological polar surface area (TPSA) is 113 Å². The molecule has 102 valence electrons. The number of aliphatic carboxylic acids is 1. The fraction of sp³-hybridized carbons (Fsp3) is 0.375.